The highest BCUT2D eigenvalue weighted by atomic mass is 16.4. The van der Waals surface area contributed by atoms with E-state index in [-0.39, 0.29) is 27.8 Å². The van der Waals surface area contributed by atoms with Crippen molar-refractivity contribution in [3.05, 3.63) is 22.8 Å². The first-order chi connectivity index (χ1) is 15.7. The predicted octanol–water partition coefficient (Wildman–Crippen LogP) is 6.72. The summed E-state index contributed by atoms with van der Waals surface area (Å²) in [5.41, 5.74) is 3.07. The second-order valence-corrected chi connectivity index (χ2v) is 13.3. The highest BCUT2D eigenvalue weighted by Gasteiger charge is 2.66. The molecule has 0 aromatic carbocycles. The van der Waals surface area contributed by atoms with Crippen molar-refractivity contribution in [3.63, 3.8) is 0 Å². The number of ketones is 1. The zero-order valence-corrected chi connectivity index (χ0v) is 22.5. The van der Waals surface area contributed by atoms with Gasteiger partial charge in [-0.25, -0.2) is 4.79 Å². The summed E-state index contributed by atoms with van der Waals surface area (Å²) < 4.78 is 0. The number of carbonyl (C=O) groups excluding carboxylic acids is 1. The quantitative estimate of drug-likeness (QED) is 0.345. The van der Waals surface area contributed by atoms with Gasteiger partial charge in [-0.15, -0.1) is 0 Å². The van der Waals surface area contributed by atoms with Gasteiger partial charge in [0, 0.05) is 22.8 Å². The van der Waals surface area contributed by atoms with Crippen LogP contribution in [0.5, 0.6) is 0 Å². The van der Waals surface area contributed by atoms with Gasteiger partial charge in [0.05, 0.1) is 6.10 Å². The molecular weight excluding hydrogens is 424 g/mol. The Morgan fingerprint density at radius 3 is 2.41 bits per heavy atom. The Kier molecular flexibility index (Phi) is 6.28. The maximum Gasteiger partial charge on any atom is 0.330 e. The number of hydrogen-bond acceptors (Lipinski definition) is 3. The Hall–Kier alpha value is -1.42. The number of aliphatic carboxylic acids is 1. The summed E-state index contributed by atoms with van der Waals surface area (Å²) in [5.74, 6) is 0.787. The van der Waals surface area contributed by atoms with Crippen LogP contribution < -0.4 is 0 Å². The molecule has 190 valence electrons. The number of carboxylic acids is 1. The van der Waals surface area contributed by atoms with Gasteiger partial charge in [0.15, 0.2) is 0 Å². The number of carbonyl (C=O) groups is 2. The van der Waals surface area contributed by atoms with E-state index in [4.69, 9.17) is 5.11 Å². The normalized spacial score (nSPS) is 42.6. The first-order valence-electron chi connectivity index (χ1n) is 13.6. The molecule has 0 unspecified atom stereocenters. The average Bonchev–Trinajstić information content (AvgIpc) is 3.05. The van der Waals surface area contributed by atoms with Gasteiger partial charge in [-0.1, -0.05) is 58.8 Å². The average molecular weight is 471 g/mol. The Morgan fingerprint density at radius 2 is 1.76 bits per heavy atom. The molecule has 0 aromatic rings. The van der Waals surface area contributed by atoms with E-state index in [1.165, 1.54) is 5.57 Å². The number of Topliss-reactive ketones (excluding diaryl/α,β-unsaturated/α-hetero) is 1. The van der Waals surface area contributed by atoms with E-state index in [0.717, 1.165) is 51.4 Å². The standard InChI is InChI=1S/C30H46O4/c1-18(9-8-10-19(2)26(33)34)20-13-16-29(6)21-11-12-23-27(3,4)24(31)14-15-28(23,5)22(21)17-25(32)30(20,29)7/h10,18,20,23,25,32H,8-9,11-17H2,1-7H3,(H,33,34)/b19-10-/t18-,20-,23+,25+,28-,29+,30+/m1/s1. The zero-order chi connectivity index (χ0) is 25.3. The zero-order valence-electron chi connectivity index (χ0n) is 22.5. The summed E-state index contributed by atoms with van der Waals surface area (Å²) >= 11 is 0. The van der Waals surface area contributed by atoms with E-state index in [2.05, 4.69) is 41.5 Å². The van der Waals surface area contributed by atoms with Crippen LogP contribution in [0.1, 0.15) is 106 Å². The van der Waals surface area contributed by atoms with Gasteiger partial charge in [0.1, 0.15) is 5.78 Å². The fourth-order valence-electron chi connectivity index (χ4n) is 9.30. The fourth-order valence-corrected chi connectivity index (χ4v) is 9.30. The van der Waals surface area contributed by atoms with Gasteiger partial charge in [-0.3, -0.25) is 4.79 Å². The third kappa shape index (κ3) is 3.41. The predicted molar refractivity (Wildman–Crippen MR) is 135 cm³/mol. The molecule has 0 spiro atoms. The lowest BCUT2D eigenvalue weighted by Gasteiger charge is -2.62. The van der Waals surface area contributed by atoms with Gasteiger partial charge in [-0.2, -0.15) is 0 Å². The number of aliphatic hydroxyl groups is 1. The van der Waals surface area contributed by atoms with E-state index in [1.54, 1.807) is 12.5 Å². The molecule has 7 atom stereocenters. The highest BCUT2D eigenvalue weighted by Crippen LogP contribution is 2.72. The van der Waals surface area contributed by atoms with Crippen molar-refractivity contribution in [1.82, 2.24) is 0 Å². The van der Waals surface area contributed by atoms with Gasteiger partial charge in [0.2, 0.25) is 0 Å². The molecule has 34 heavy (non-hydrogen) atoms. The molecule has 0 aliphatic heterocycles. The van der Waals surface area contributed by atoms with E-state index in [9.17, 15) is 14.7 Å². The van der Waals surface area contributed by atoms with Crippen LogP contribution >= 0.6 is 0 Å². The molecule has 0 heterocycles. The largest absolute Gasteiger partial charge is 0.478 e. The van der Waals surface area contributed by atoms with Crippen LogP contribution in [0, 0.1) is 39.4 Å². The van der Waals surface area contributed by atoms with E-state index in [1.807, 2.05) is 6.08 Å². The molecule has 4 aliphatic carbocycles. The van der Waals surface area contributed by atoms with Crippen LogP contribution in [-0.2, 0) is 9.59 Å². The van der Waals surface area contributed by atoms with Crippen LogP contribution in [0.3, 0.4) is 0 Å². The number of carboxylic acid groups (broad SMARTS) is 1. The van der Waals surface area contributed by atoms with Crippen LogP contribution in [0.25, 0.3) is 0 Å². The minimum absolute atomic E-state index is 0.00861. The maximum atomic E-state index is 12.8. The number of hydrogen-bond donors (Lipinski definition) is 2. The molecule has 2 saturated carbocycles. The van der Waals surface area contributed by atoms with E-state index < -0.39 is 5.97 Å². The summed E-state index contributed by atoms with van der Waals surface area (Å²) in [4.78, 5) is 24.0. The molecule has 0 amide bonds. The smallest absolute Gasteiger partial charge is 0.330 e. The third-order valence-corrected chi connectivity index (χ3v) is 11.7. The lowest BCUT2D eigenvalue weighted by Crippen LogP contribution is -2.57. The number of allylic oxidation sites excluding steroid dienone is 2. The van der Waals surface area contributed by atoms with Crippen LogP contribution in [0.4, 0.5) is 0 Å². The summed E-state index contributed by atoms with van der Waals surface area (Å²) in [6.07, 6.45) is 9.90. The fraction of sp³-hybridized carbons (Fsp3) is 0.800. The van der Waals surface area contributed by atoms with Gasteiger partial charge < -0.3 is 10.2 Å². The van der Waals surface area contributed by atoms with Gasteiger partial charge >= 0.3 is 5.97 Å². The van der Waals surface area contributed by atoms with Crippen molar-refractivity contribution in [2.75, 3.05) is 0 Å². The molecule has 4 aliphatic rings. The van der Waals surface area contributed by atoms with Gasteiger partial charge in [0.25, 0.3) is 0 Å². The summed E-state index contributed by atoms with van der Waals surface area (Å²) in [5, 5.41) is 21.0. The van der Waals surface area contributed by atoms with Gasteiger partial charge in [-0.05, 0) is 86.9 Å². The first-order valence-corrected chi connectivity index (χ1v) is 13.6. The Morgan fingerprint density at radius 1 is 1.09 bits per heavy atom. The molecule has 0 aromatic heterocycles. The summed E-state index contributed by atoms with van der Waals surface area (Å²) in [6, 6.07) is 0. The SMILES string of the molecule is C/C(=C/CC[C@@H](C)[C@H]1CC[C@@]2(C)C3=C(C[C@H](O)[C@]12C)[C@@]1(C)CCC(=O)C(C)(C)[C@@H]1CC3)C(=O)O. The maximum absolute atomic E-state index is 12.8. The molecule has 0 saturated heterocycles. The van der Waals surface area contributed by atoms with Crippen LogP contribution in [0.2, 0.25) is 0 Å². The molecule has 4 nitrogen and oxygen atoms in total. The highest BCUT2D eigenvalue weighted by molar-refractivity contribution is 5.86. The van der Waals surface area contributed by atoms with Crippen molar-refractivity contribution >= 4 is 11.8 Å². The Bertz CT molecular complexity index is 941. The molecule has 2 fully saturated rings. The Labute approximate surface area is 206 Å². The van der Waals surface area contributed by atoms with Crippen molar-refractivity contribution < 1.29 is 19.8 Å². The first kappa shape index (κ1) is 25.7. The van der Waals surface area contributed by atoms with E-state index in [0.29, 0.717) is 35.5 Å². The summed E-state index contributed by atoms with van der Waals surface area (Å²) in [7, 11) is 0. The third-order valence-electron chi connectivity index (χ3n) is 11.7. The van der Waals surface area contributed by atoms with Crippen molar-refractivity contribution in [2.24, 2.45) is 39.4 Å². The van der Waals surface area contributed by atoms with E-state index >= 15 is 0 Å². The van der Waals surface area contributed by atoms with Crippen molar-refractivity contribution in [3.8, 4) is 0 Å². The molecule has 0 radical (unpaired) electrons. The minimum atomic E-state index is -0.841. The Balaban J connectivity index is 1.66. The van der Waals surface area contributed by atoms with Crippen LogP contribution in [0.15, 0.2) is 22.8 Å². The molecule has 2 N–H and O–H groups in total. The lowest BCUT2D eigenvalue weighted by atomic mass is 9.43. The molecule has 4 rings (SSSR count). The lowest BCUT2D eigenvalue weighted by molar-refractivity contribution is -0.141. The number of aliphatic hydroxyl groups excluding tert-OH is 1. The second kappa shape index (κ2) is 8.32. The monoisotopic (exact) mass is 470 g/mol. The van der Waals surface area contributed by atoms with Crippen molar-refractivity contribution in [2.45, 2.75) is 112 Å². The molecular formula is C30H46O4. The number of rotatable bonds is 5. The molecule has 4 heteroatoms. The molecule has 0 bridgehead atoms. The van der Waals surface area contributed by atoms with Crippen LogP contribution in [-0.4, -0.2) is 28.1 Å². The summed E-state index contributed by atoms with van der Waals surface area (Å²) in [6.45, 7) is 15.4. The topological polar surface area (TPSA) is 74.6 Å². The number of fused-ring (bicyclic) bond motifs is 4. The van der Waals surface area contributed by atoms with Crippen molar-refractivity contribution in [1.29, 1.82) is 0 Å². The second-order valence-electron chi connectivity index (χ2n) is 13.3. The minimum Gasteiger partial charge on any atom is -0.478 e.